The van der Waals surface area contributed by atoms with Gasteiger partial charge in [0.25, 0.3) is 0 Å². The number of urea groups is 1. The second-order valence-corrected chi connectivity index (χ2v) is 5.29. The number of aliphatic hydroxyl groups excluding tert-OH is 1. The summed E-state index contributed by atoms with van der Waals surface area (Å²) in [5.41, 5.74) is -0.709. The van der Waals surface area contributed by atoms with Gasteiger partial charge in [-0.15, -0.1) is 0 Å². The molecule has 0 saturated carbocycles. The lowest BCUT2D eigenvalue weighted by Crippen LogP contribution is -2.50. The maximum atomic E-state index is 12.2. The highest BCUT2D eigenvalue weighted by Crippen LogP contribution is 2.31. The van der Waals surface area contributed by atoms with Crippen LogP contribution in [0.5, 0.6) is 0 Å². The van der Waals surface area contributed by atoms with Gasteiger partial charge >= 0.3 is 12.0 Å². The number of nitrogens with zero attached hydrogens (tertiary/aromatic N) is 2. The largest absolute Gasteiger partial charge is 0.481 e. The van der Waals surface area contributed by atoms with Crippen LogP contribution in [-0.2, 0) is 4.79 Å². The fourth-order valence-corrected chi connectivity index (χ4v) is 2.26. The van der Waals surface area contributed by atoms with E-state index in [1.165, 1.54) is 0 Å². The first kappa shape index (κ1) is 15.8. The van der Waals surface area contributed by atoms with Crippen LogP contribution < -0.4 is 0 Å². The molecule has 0 aromatic heterocycles. The highest BCUT2D eigenvalue weighted by atomic mass is 16.4. The van der Waals surface area contributed by atoms with Gasteiger partial charge in [-0.3, -0.25) is 4.79 Å². The van der Waals surface area contributed by atoms with E-state index in [0.717, 1.165) is 0 Å². The standard InChI is InChI=1S/C13H24N2O4/c1-3-14(7-4-10-16)12(19)15-8-5-13(2,6-9-15)11(17)18/h16H,3-10H2,1-2H3,(H,17,18). The third-order valence-corrected chi connectivity index (χ3v) is 3.89. The number of likely N-dealkylation sites (tertiary alicyclic amines) is 1. The minimum absolute atomic E-state index is 0.0524. The first-order valence-corrected chi connectivity index (χ1v) is 6.82. The second kappa shape index (κ2) is 6.75. The molecule has 0 aromatic carbocycles. The summed E-state index contributed by atoms with van der Waals surface area (Å²) in [5, 5.41) is 18.0. The highest BCUT2D eigenvalue weighted by molar-refractivity contribution is 5.77. The minimum Gasteiger partial charge on any atom is -0.481 e. The molecular formula is C13H24N2O4. The van der Waals surface area contributed by atoms with E-state index in [9.17, 15) is 9.59 Å². The number of amides is 2. The van der Waals surface area contributed by atoms with Crippen molar-refractivity contribution in [2.24, 2.45) is 5.41 Å². The van der Waals surface area contributed by atoms with Crippen molar-refractivity contribution in [2.45, 2.75) is 33.1 Å². The number of hydrogen-bond donors (Lipinski definition) is 2. The van der Waals surface area contributed by atoms with Crippen LogP contribution >= 0.6 is 0 Å². The van der Waals surface area contributed by atoms with E-state index in [2.05, 4.69) is 0 Å². The minimum atomic E-state index is -0.785. The van der Waals surface area contributed by atoms with Gasteiger partial charge in [0.1, 0.15) is 0 Å². The van der Waals surface area contributed by atoms with E-state index >= 15 is 0 Å². The average Bonchev–Trinajstić information content (AvgIpc) is 2.40. The zero-order chi connectivity index (χ0) is 14.5. The Morgan fingerprint density at radius 2 is 1.89 bits per heavy atom. The molecule has 1 saturated heterocycles. The summed E-state index contributed by atoms with van der Waals surface area (Å²) in [6.07, 6.45) is 1.55. The molecule has 2 amide bonds. The average molecular weight is 272 g/mol. The Balaban J connectivity index is 2.54. The topological polar surface area (TPSA) is 81.1 Å². The van der Waals surface area contributed by atoms with Crippen molar-refractivity contribution in [2.75, 3.05) is 32.8 Å². The van der Waals surface area contributed by atoms with E-state index in [-0.39, 0.29) is 12.6 Å². The van der Waals surface area contributed by atoms with Crippen LogP contribution in [0.4, 0.5) is 4.79 Å². The maximum absolute atomic E-state index is 12.2. The van der Waals surface area contributed by atoms with Crippen molar-refractivity contribution < 1.29 is 19.8 Å². The normalized spacial score (nSPS) is 18.2. The van der Waals surface area contributed by atoms with Gasteiger partial charge in [-0.1, -0.05) is 0 Å². The molecule has 0 aliphatic carbocycles. The summed E-state index contributed by atoms with van der Waals surface area (Å²) in [6.45, 7) is 5.82. The molecule has 0 spiro atoms. The van der Waals surface area contributed by atoms with Crippen molar-refractivity contribution in [1.29, 1.82) is 0 Å². The van der Waals surface area contributed by atoms with E-state index in [0.29, 0.717) is 45.4 Å². The molecule has 0 unspecified atom stereocenters. The third kappa shape index (κ3) is 3.83. The van der Waals surface area contributed by atoms with Crippen LogP contribution in [-0.4, -0.2) is 64.8 Å². The molecule has 6 nitrogen and oxygen atoms in total. The molecule has 1 aliphatic rings. The van der Waals surface area contributed by atoms with Gasteiger partial charge in [-0.05, 0) is 33.1 Å². The number of aliphatic hydroxyl groups is 1. The number of carbonyl (C=O) groups excluding carboxylic acids is 1. The lowest BCUT2D eigenvalue weighted by Gasteiger charge is -2.38. The molecule has 1 aliphatic heterocycles. The Labute approximate surface area is 114 Å². The zero-order valence-corrected chi connectivity index (χ0v) is 11.8. The summed E-state index contributed by atoms with van der Waals surface area (Å²) < 4.78 is 0. The molecule has 1 fully saturated rings. The van der Waals surface area contributed by atoms with Gasteiger partial charge in [0.15, 0.2) is 0 Å². The van der Waals surface area contributed by atoms with Crippen LogP contribution in [0.25, 0.3) is 0 Å². The quantitative estimate of drug-likeness (QED) is 0.782. The SMILES string of the molecule is CCN(CCCO)C(=O)N1CCC(C)(C(=O)O)CC1. The first-order valence-electron chi connectivity index (χ1n) is 6.82. The van der Waals surface area contributed by atoms with Crippen LogP contribution in [0, 0.1) is 5.41 Å². The van der Waals surface area contributed by atoms with Gasteiger partial charge < -0.3 is 20.0 Å². The number of carbonyl (C=O) groups is 2. The van der Waals surface area contributed by atoms with Crippen LogP contribution in [0.15, 0.2) is 0 Å². The molecule has 1 heterocycles. The fraction of sp³-hybridized carbons (Fsp3) is 0.846. The molecule has 2 N–H and O–H groups in total. The van der Waals surface area contributed by atoms with Crippen molar-refractivity contribution in [3.63, 3.8) is 0 Å². The van der Waals surface area contributed by atoms with Crippen LogP contribution in [0.1, 0.15) is 33.1 Å². The summed E-state index contributed by atoms with van der Waals surface area (Å²) in [7, 11) is 0. The van der Waals surface area contributed by atoms with Gasteiger partial charge in [0.05, 0.1) is 5.41 Å². The molecule has 6 heteroatoms. The third-order valence-electron chi connectivity index (χ3n) is 3.89. The summed E-state index contributed by atoms with van der Waals surface area (Å²) >= 11 is 0. The van der Waals surface area contributed by atoms with Gasteiger partial charge in [-0.2, -0.15) is 0 Å². The Morgan fingerprint density at radius 3 is 2.32 bits per heavy atom. The second-order valence-electron chi connectivity index (χ2n) is 5.29. The summed E-state index contributed by atoms with van der Waals surface area (Å²) in [4.78, 5) is 26.8. The smallest absolute Gasteiger partial charge is 0.319 e. The number of piperidine rings is 1. The molecule has 0 aromatic rings. The van der Waals surface area contributed by atoms with Crippen molar-refractivity contribution in [1.82, 2.24) is 9.80 Å². The summed E-state index contributed by atoms with van der Waals surface area (Å²) in [5.74, 6) is -0.785. The molecular weight excluding hydrogens is 248 g/mol. The van der Waals surface area contributed by atoms with Crippen molar-refractivity contribution in [3.8, 4) is 0 Å². The molecule has 0 atom stereocenters. The Bertz CT molecular complexity index is 325. The number of aliphatic carboxylic acids is 1. The Hall–Kier alpha value is -1.30. The molecule has 0 bridgehead atoms. The predicted octanol–water partition coefficient (Wildman–Crippen LogP) is 0.997. The van der Waals surface area contributed by atoms with Crippen molar-refractivity contribution in [3.05, 3.63) is 0 Å². The zero-order valence-electron chi connectivity index (χ0n) is 11.8. The number of carboxylic acids is 1. The Kier molecular flexibility index (Phi) is 5.60. The fourth-order valence-electron chi connectivity index (χ4n) is 2.26. The monoisotopic (exact) mass is 272 g/mol. The van der Waals surface area contributed by atoms with E-state index in [1.807, 2.05) is 6.92 Å². The number of carboxylic acid groups (broad SMARTS) is 1. The highest BCUT2D eigenvalue weighted by Gasteiger charge is 2.38. The number of hydrogen-bond acceptors (Lipinski definition) is 3. The first-order chi connectivity index (χ1) is 8.94. The van der Waals surface area contributed by atoms with Crippen LogP contribution in [0.3, 0.4) is 0 Å². The van der Waals surface area contributed by atoms with E-state index < -0.39 is 11.4 Å². The molecule has 1 rings (SSSR count). The van der Waals surface area contributed by atoms with Gasteiger partial charge in [0, 0.05) is 32.8 Å². The maximum Gasteiger partial charge on any atom is 0.319 e. The van der Waals surface area contributed by atoms with Crippen molar-refractivity contribution >= 4 is 12.0 Å². The van der Waals surface area contributed by atoms with E-state index in [1.54, 1.807) is 16.7 Å². The summed E-state index contributed by atoms with van der Waals surface area (Å²) in [6, 6.07) is -0.0524. The van der Waals surface area contributed by atoms with Crippen LogP contribution in [0.2, 0.25) is 0 Å². The molecule has 19 heavy (non-hydrogen) atoms. The number of rotatable bonds is 5. The predicted molar refractivity (Wildman–Crippen MR) is 70.9 cm³/mol. The van der Waals surface area contributed by atoms with Gasteiger partial charge in [-0.25, -0.2) is 4.79 Å². The van der Waals surface area contributed by atoms with E-state index in [4.69, 9.17) is 10.2 Å². The Morgan fingerprint density at radius 1 is 1.32 bits per heavy atom. The lowest BCUT2D eigenvalue weighted by molar-refractivity contribution is -0.150. The molecule has 0 radical (unpaired) electrons. The van der Waals surface area contributed by atoms with Gasteiger partial charge in [0.2, 0.25) is 0 Å². The lowest BCUT2D eigenvalue weighted by atomic mass is 9.80. The molecule has 110 valence electrons.